The van der Waals surface area contributed by atoms with Crippen molar-refractivity contribution in [2.45, 2.75) is 13.8 Å². The van der Waals surface area contributed by atoms with E-state index in [0.29, 0.717) is 16.8 Å². The van der Waals surface area contributed by atoms with Crippen molar-refractivity contribution in [1.82, 2.24) is 4.57 Å². The molecule has 1 heterocycles. The lowest BCUT2D eigenvalue weighted by atomic mass is 10.1. The fraction of sp³-hybridized carbons (Fsp3) is 0.100. The van der Waals surface area contributed by atoms with Crippen LogP contribution in [-0.2, 0) is 0 Å². The Hall–Kier alpha value is -3.32. The first-order chi connectivity index (χ1) is 11.6. The lowest BCUT2D eigenvalue weighted by Crippen LogP contribution is -2.12. The average molecular weight is 315 g/mol. The maximum absolute atomic E-state index is 12.3. The lowest BCUT2D eigenvalue weighted by Gasteiger charge is -2.11. The number of benzene rings is 2. The molecule has 1 N–H and O–H groups in total. The summed E-state index contributed by atoms with van der Waals surface area (Å²) in [6.07, 6.45) is 0. The number of anilines is 1. The van der Waals surface area contributed by atoms with Crippen LogP contribution in [0.15, 0.2) is 60.7 Å². The molecule has 118 valence electrons. The van der Waals surface area contributed by atoms with Gasteiger partial charge in [0, 0.05) is 28.3 Å². The second-order valence-corrected chi connectivity index (χ2v) is 5.65. The van der Waals surface area contributed by atoms with Gasteiger partial charge in [0.1, 0.15) is 0 Å². The normalized spacial score (nSPS) is 10.2. The van der Waals surface area contributed by atoms with Gasteiger partial charge in [0.25, 0.3) is 5.91 Å². The third-order valence-electron chi connectivity index (χ3n) is 3.91. The highest BCUT2D eigenvalue weighted by atomic mass is 16.1. The summed E-state index contributed by atoms with van der Waals surface area (Å²) in [6, 6.07) is 20.5. The van der Waals surface area contributed by atoms with Crippen LogP contribution in [0.25, 0.3) is 5.69 Å². The molecule has 0 spiro atoms. The zero-order valence-electron chi connectivity index (χ0n) is 13.6. The molecule has 0 saturated heterocycles. The van der Waals surface area contributed by atoms with Gasteiger partial charge in [-0.1, -0.05) is 6.07 Å². The van der Waals surface area contributed by atoms with E-state index in [0.717, 1.165) is 17.1 Å². The quantitative estimate of drug-likeness (QED) is 0.786. The van der Waals surface area contributed by atoms with E-state index in [9.17, 15) is 4.79 Å². The number of hydrogen-bond donors (Lipinski definition) is 1. The highest BCUT2D eigenvalue weighted by molar-refractivity contribution is 6.04. The molecule has 0 unspecified atom stereocenters. The van der Waals surface area contributed by atoms with E-state index in [-0.39, 0.29) is 5.91 Å². The number of hydrogen-bond acceptors (Lipinski definition) is 2. The number of nitrogens with one attached hydrogen (secondary N) is 1. The van der Waals surface area contributed by atoms with Gasteiger partial charge in [-0.05, 0) is 68.4 Å². The number of nitrogens with zero attached hydrogens (tertiary/aromatic N) is 2. The van der Waals surface area contributed by atoms with Crippen LogP contribution in [0.2, 0.25) is 0 Å². The Morgan fingerprint density at radius 1 is 1.00 bits per heavy atom. The second-order valence-electron chi connectivity index (χ2n) is 5.65. The maximum atomic E-state index is 12.3. The first-order valence-corrected chi connectivity index (χ1v) is 7.65. The molecular weight excluding hydrogens is 298 g/mol. The molecule has 2 aromatic carbocycles. The molecule has 0 saturated carbocycles. The van der Waals surface area contributed by atoms with Crippen LogP contribution in [0, 0.1) is 25.2 Å². The van der Waals surface area contributed by atoms with Crippen LogP contribution in [-0.4, -0.2) is 10.5 Å². The minimum atomic E-state index is -0.229. The minimum absolute atomic E-state index is 0.229. The highest BCUT2D eigenvalue weighted by Gasteiger charge is 2.08. The Morgan fingerprint density at radius 3 is 2.29 bits per heavy atom. The van der Waals surface area contributed by atoms with Crippen molar-refractivity contribution in [3.05, 3.63) is 83.2 Å². The molecule has 4 nitrogen and oxygen atoms in total. The second kappa shape index (κ2) is 6.43. The molecule has 0 aliphatic heterocycles. The first-order valence-electron chi connectivity index (χ1n) is 7.65. The van der Waals surface area contributed by atoms with Crippen LogP contribution in [0.4, 0.5) is 5.69 Å². The van der Waals surface area contributed by atoms with Gasteiger partial charge >= 0.3 is 0 Å². The summed E-state index contributed by atoms with van der Waals surface area (Å²) in [5.41, 5.74) is 5.04. The van der Waals surface area contributed by atoms with Gasteiger partial charge in [0.05, 0.1) is 11.6 Å². The van der Waals surface area contributed by atoms with Gasteiger partial charge in [0.2, 0.25) is 0 Å². The van der Waals surface area contributed by atoms with Crippen molar-refractivity contribution in [3.63, 3.8) is 0 Å². The monoisotopic (exact) mass is 315 g/mol. The van der Waals surface area contributed by atoms with Gasteiger partial charge in [-0.15, -0.1) is 0 Å². The predicted molar refractivity (Wildman–Crippen MR) is 94.4 cm³/mol. The maximum Gasteiger partial charge on any atom is 0.255 e. The summed E-state index contributed by atoms with van der Waals surface area (Å²) in [5, 5.41) is 11.8. The van der Waals surface area contributed by atoms with Gasteiger partial charge < -0.3 is 9.88 Å². The Balaban J connectivity index is 1.79. The number of nitriles is 1. The molecule has 0 radical (unpaired) electrons. The molecule has 0 fully saturated rings. The van der Waals surface area contributed by atoms with Gasteiger partial charge in [-0.3, -0.25) is 4.79 Å². The fourth-order valence-electron chi connectivity index (χ4n) is 2.70. The molecule has 1 amide bonds. The number of carbonyl (C=O) groups is 1. The fourth-order valence-corrected chi connectivity index (χ4v) is 2.70. The number of rotatable bonds is 3. The summed E-state index contributed by atoms with van der Waals surface area (Å²) < 4.78 is 2.15. The smallest absolute Gasteiger partial charge is 0.255 e. The van der Waals surface area contributed by atoms with Crippen molar-refractivity contribution in [2.75, 3.05) is 5.32 Å². The van der Waals surface area contributed by atoms with Crippen molar-refractivity contribution in [1.29, 1.82) is 5.26 Å². The van der Waals surface area contributed by atoms with E-state index >= 15 is 0 Å². The summed E-state index contributed by atoms with van der Waals surface area (Å²) in [5.74, 6) is -0.229. The standard InChI is InChI=1S/C20H17N3O/c1-14-6-7-15(2)23(14)19-10-8-18(9-11-19)22-20(24)17-5-3-4-16(12-17)13-21/h3-12H,1-2H3,(H,22,24). The Bertz CT molecular complexity index is 911. The van der Waals surface area contributed by atoms with E-state index in [4.69, 9.17) is 5.26 Å². The first kappa shape index (κ1) is 15.6. The zero-order chi connectivity index (χ0) is 17.1. The molecule has 3 rings (SSSR count). The van der Waals surface area contributed by atoms with E-state index in [1.165, 1.54) is 0 Å². The minimum Gasteiger partial charge on any atom is -0.322 e. The predicted octanol–water partition coefficient (Wildman–Crippen LogP) is 4.22. The summed E-state index contributed by atoms with van der Waals surface area (Å²) >= 11 is 0. The molecule has 0 atom stereocenters. The highest BCUT2D eigenvalue weighted by Crippen LogP contribution is 2.19. The molecule has 4 heteroatoms. The Labute approximate surface area is 141 Å². The van der Waals surface area contributed by atoms with E-state index < -0.39 is 0 Å². The van der Waals surface area contributed by atoms with Crippen molar-refractivity contribution in [3.8, 4) is 11.8 Å². The average Bonchev–Trinajstić information content (AvgIpc) is 2.94. The van der Waals surface area contributed by atoms with Crippen molar-refractivity contribution < 1.29 is 4.79 Å². The SMILES string of the molecule is Cc1ccc(C)n1-c1ccc(NC(=O)c2cccc(C#N)c2)cc1. The van der Waals surface area contributed by atoms with E-state index in [1.807, 2.05) is 30.3 Å². The Morgan fingerprint density at radius 2 is 1.67 bits per heavy atom. The molecule has 0 bridgehead atoms. The number of carbonyl (C=O) groups excluding carboxylic acids is 1. The van der Waals surface area contributed by atoms with E-state index in [1.54, 1.807) is 24.3 Å². The van der Waals surface area contributed by atoms with Crippen LogP contribution < -0.4 is 5.32 Å². The molecular formula is C20H17N3O. The molecule has 24 heavy (non-hydrogen) atoms. The summed E-state index contributed by atoms with van der Waals surface area (Å²) in [7, 11) is 0. The van der Waals surface area contributed by atoms with Crippen LogP contribution in [0.3, 0.4) is 0 Å². The molecule has 3 aromatic rings. The number of aryl methyl sites for hydroxylation is 2. The summed E-state index contributed by atoms with van der Waals surface area (Å²) in [4.78, 5) is 12.3. The molecule has 0 aliphatic rings. The topological polar surface area (TPSA) is 57.8 Å². The zero-order valence-corrected chi connectivity index (χ0v) is 13.6. The van der Waals surface area contributed by atoms with Crippen molar-refractivity contribution >= 4 is 11.6 Å². The van der Waals surface area contributed by atoms with Crippen LogP contribution in [0.5, 0.6) is 0 Å². The van der Waals surface area contributed by atoms with Crippen LogP contribution in [0.1, 0.15) is 27.3 Å². The lowest BCUT2D eigenvalue weighted by molar-refractivity contribution is 0.102. The third-order valence-corrected chi connectivity index (χ3v) is 3.91. The van der Waals surface area contributed by atoms with Gasteiger partial charge in [-0.25, -0.2) is 0 Å². The van der Waals surface area contributed by atoms with Crippen LogP contribution >= 0.6 is 0 Å². The number of amides is 1. The summed E-state index contributed by atoms with van der Waals surface area (Å²) in [6.45, 7) is 4.12. The van der Waals surface area contributed by atoms with Gasteiger partial charge in [-0.2, -0.15) is 5.26 Å². The third kappa shape index (κ3) is 3.06. The van der Waals surface area contributed by atoms with Crippen molar-refractivity contribution in [2.24, 2.45) is 0 Å². The molecule has 0 aliphatic carbocycles. The molecule has 1 aromatic heterocycles. The van der Waals surface area contributed by atoms with Gasteiger partial charge in [0.15, 0.2) is 0 Å². The Kier molecular flexibility index (Phi) is 4.17. The van der Waals surface area contributed by atoms with E-state index in [2.05, 4.69) is 35.9 Å². The number of aromatic nitrogens is 1. The largest absolute Gasteiger partial charge is 0.322 e.